The van der Waals surface area contributed by atoms with Gasteiger partial charge in [-0.3, -0.25) is 4.79 Å². The van der Waals surface area contributed by atoms with E-state index in [4.69, 9.17) is 0 Å². The first-order chi connectivity index (χ1) is 12.8. The Kier molecular flexibility index (Phi) is 4.59. The summed E-state index contributed by atoms with van der Waals surface area (Å²) in [6, 6.07) is 11.3. The molecule has 132 valence electrons. The minimum absolute atomic E-state index is 0.145. The Bertz CT molecular complexity index is 852. The second kappa shape index (κ2) is 7.35. The lowest BCUT2D eigenvalue weighted by atomic mass is 10.1. The van der Waals surface area contributed by atoms with Crippen LogP contribution in [0.25, 0.3) is 0 Å². The van der Waals surface area contributed by atoms with Crippen molar-refractivity contribution in [3.63, 3.8) is 0 Å². The quantitative estimate of drug-likeness (QED) is 0.767. The summed E-state index contributed by atoms with van der Waals surface area (Å²) >= 11 is 0. The number of hydrogen-bond donors (Lipinski definition) is 1. The number of nitrogens with zero attached hydrogens (tertiary/aromatic N) is 5. The number of hydrogen-bond acceptors (Lipinski definition) is 5. The Morgan fingerprint density at radius 2 is 1.88 bits per heavy atom. The van der Waals surface area contributed by atoms with Crippen LogP contribution in [0.15, 0.2) is 55.2 Å². The van der Waals surface area contributed by atoms with Gasteiger partial charge in [-0.2, -0.15) is 5.10 Å². The Labute approximate surface area is 151 Å². The zero-order valence-corrected chi connectivity index (χ0v) is 14.4. The van der Waals surface area contributed by atoms with E-state index in [0.717, 1.165) is 24.5 Å². The summed E-state index contributed by atoms with van der Waals surface area (Å²) in [6.07, 6.45) is 7.31. The maximum atomic E-state index is 12.4. The first-order valence-corrected chi connectivity index (χ1v) is 8.72. The van der Waals surface area contributed by atoms with Crippen LogP contribution in [-0.4, -0.2) is 38.7 Å². The van der Waals surface area contributed by atoms with E-state index in [-0.39, 0.29) is 5.91 Å². The molecule has 26 heavy (non-hydrogen) atoms. The molecule has 3 heterocycles. The monoisotopic (exact) mass is 348 g/mol. The van der Waals surface area contributed by atoms with E-state index >= 15 is 0 Å². The summed E-state index contributed by atoms with van der Waals surface area (Å²) in [5.41, 5.74) is 2.37. The van der Waals surface area contributed by atoms with Gasteiger partial charge in [-0.1, -0.05) is 12.1 Å². The number of aromatic nitrogens is 4. The molecule has 4 rings (SSSR count). The third kappa shape index (κ3) is 3.72. The molecule has 7 heteroatoms. The summed E-state index contributed by atoms with van der Waals surface area (Å²) < 4.78 is 1.74. The van der Waals surface area contributed by atoms with Crippen molar-refractivity contribution in [1.29, 1.82) is 0 Å². The van der Waals surface area contributed by atoms with Gasteiger partial charge in [0.2, 0.25) is 0 Å². The summed E-state index contributed by atoms with van der Waals surface area (Å²) in [4.78, 5) is 23.0. The largest absolute Gasteiger partial charge is 0.357 e. The predicted molar refractivity (Wildman–Crippen MR) is 99.2 cm³/mol. The van der Waals surface area contributed by atoms with Crippen LogP contribution in [0, 0.1) is 0 Å². The van der Waals surface area contributed by atoms with Crippen molar-refractivity contribution >= 4 is 17.4 Å². The van der Waals surface area contributed by atoms with Gasteiger partial charge in [0.1, 0.15) is 18.5 Å². The molecule has 1 aliphatic rings. The van der Waals surface area contributed by atoms with Crippen LogP contribution in [-0.2, 0) is 6.54 Å². The molecule has 1 aromatic carbocycles. The van der Waals surface area contributed by atoms with E-state index in [1.54, 1.807) is 17.2 Å². The van der Waals surface area contributed by atoms with Crippen LogP contribution >= 0.6 is 0 Å². The van der Waals surface area contributed by atoms with Crippen LogP contribution in [0.2, 0.25) is 0 Å². The van der Waals surface area contributed by atoms with Gasteiger partial charge in [-0.15, -0.1) is 0 Å². The molecule has 0 atom stereocenters. The number of carbonyl (C=O) groups excluding carboxylic acids is 1. The Hall–Kier alpha value is -3.22. The van der Waals surface area contributed by atoms with Gasteiger partial charge < -0.3 is 10.2 Å². The molecule has 0 aliphatic carbocycles. The number of anilines is 2. The van der Waals surface area contributed by atoms with E-state index in [0.29, 0.717) is 17.8 Å². The second-order valence-corrected chi connectivity index (χ2v) is 6.34. The van der Waals surface area contributed by atoms with Crippen molar-refractivity contribution in [3.8, 4) is 0 Å². The van der Waals surface area contributed by atoms with Crippen LogP contribution in [0.3, 0.4) is 0 Å². The highest BCUT2D eigenvalue weighted by Gasteiger charge is 2.13. The molecular weight excluding hydrogens is 328 g/mol. The fraction of sp³-hybridized carbons (Fsp3) is 0.263. The number of carbonyl (C=O) groups is 1. The highest BCUT2D eigenvalue weighted by Crippen LogP contribution is 2.19. The molecule has 0 spiro atoms. The summed E-state index contributed by atoms with van der Waals surface area (Å²) in [5, 5.41) is 6.97. The first kappa shape index (κ1) is 16.3. The first-order valence-electron chi connectivity index (χ1n) is 8.72. The van der Waals surface area contributed by atoms with E-state index in [9.17, 15) is 4.79 Å². The molecule has 0 bridgehead atoms. The third-order valence-corrected chi connectivity index (χ3v) is 4.46. The zero-order valence-electron chi connectivity index (χ0n) is 14.4. The maximum Gasteiger partial charge on any atom is 0.255 e. The molecule has 7 nitrogen and oxygen atoms in total. The molecular formula is C19H20N6O. The lowest BCUT2D eigenvalue weighted by Crippen LogP contribution is -2.19. The lowest BCUT2D eigenvalue weighted by Gasteiger charge is -2.16. The molecule has 0 radical (unpaired) electrons. The summed E-state index contributed by atoms with van der Waals surface area (Å²) in [7, 11) is 0. The predicted octanol–water partition coefficient (Wildman–Crippen LogP) is 2.57. The van der Waals surface area contributed by atoms with E-state index < -0.39 is 0 Å². The van der Waals surface area contributed by atoms with Crippen LogP contribution < -0.4 is 10.2 Å². The van der Waals surface area contributed by atoms with Crippen molar-refractivity contribution in [1.82, 2.24) is 19.7 Å². The third-order valence-electron chi connectivity index (χ3n) is 4.46. The van der Waals surface area contributed by atoms with Gasteiger partial charge in [0.05, 0.1) is 18.4 Å². The average Bonchev–Trinajstić information content (AvgIpc) is 3.37. The highest BCUT2D eigenvalue weighted by molar-refractivity contribution is 6.04. The summed E-state index contributed by atoms with van der Waals surface area (Å²) in [6.45, 7) is 2.74. The zero-order chi connectivity index (χ0) is 17.8. The number of benzene rings is 1. The molecule has 1 amide bonds. The lowest BCUT2D eigenvalue weighted by molar-refractivity contribution is 0.102. The Morgan fingerprint density at radius 1 is 1.08 bits per heavy atom. The number of pyridine rings is 1. The molecule has 1 N–H and O–H groups in total. The topological polar surface area (TPSA) is 75.9 Å². The molecule has 1 saturated heterocycles. The van der Waals surface area contributed by atoms with E-state index in [1.807, 2.05) is 36.4 Å². The van der Waals surface area contributed by atoms with Crippen LogP contribution in [0.4, 0.5) is 11.5 Å². The number of nitrogens with one attached hydrogen (secondary N) is 1. The fourth-order valence-electron chi connectivity index (χ4n) is 3.06. The fourth-order valence-corrected chi connectivity index (χ4v) is 3.06. The minimum Gasteiger partial charge on any atom is -0.357 e. The SMILES string of the molecule is O=C(Nc1ccc(N2CCCC2)nc1)c1ccc(Cn2cncn2)cc1. The number of amides is 1. The van der Waals surface area contributed by atoms with Gasteiger partial charge in [0, 0.05) is 18.7 Å². The van der Waals surface area contributed by atoms with Gasteiger partial charge in [0.25, 0.3) is 5.91 Å². The minimum atomic E-state index is -0.145. The standard InChI is InChI=1S/C19H20N6O/c26-19(16-5-3-15(4-6-16)12-25-14-20-13-22-25)23-17-7-8-18(21-11-17)24-9-1-2-10-24/h3-8,11,13-14H,1-2,9-10,12H2,(H,23,26). The van der Waals surface area contributed by atoms with Gasteiger partial charge in [0.15, 0.2) is 0 Å². The Balaban J connectivity index is 1.38. The van der Waals surface area contributed by atoms with Gasteiger partial charge >= 0.3 is 0 Å². The molecule has 2 aromatic heterocycles. The normalized spacial score (nSPS) is 13.8. The average molecular weight is 348 g/mol. The molecule has 3 aromatic rings. The van der Waals surface area contributed by atoms with Crippen molar-refractivity contribution < 1.29 is 4.79 Å². The smallest absolute Gasteiger partial charge is 0.255 e. The maximum absolute atomic E-state index is 12.4. The van der Waals surface area contributed by atoms with Crippen molar-refractivity contribution in [2.24, 2.45) is 0 Å². The second-order valence-electron chi connectivity index (χ2n) is 6.34. The molecule has 1 fully saturated rings. The molecule has 0 saturated carbocycles. The van der Waals surface area contributed by atoms with Crippen LogP contribution in [0.1, 0.15) is 28.8 Å². The van der Waals surface area contributed by atoms with E-state index in [1.165, 1.54) is 19.2 Å². The molecule has 1 aliphatic heterocycles. The number of rotatable bonds is 5. The van der Waals surface area contributed by atoms with Crippen molar-refractivity contribution in [2.45, 2.75) is 19.4 Å². The van der Waals surface area contributed by atoms with Crippen molar-refractivity contribution in [3.05, 3.63) is 66.4 Å². The van der Waals surface area contributed by atoms with Gasteiger partial charge in [-0.25, -0.2) is 14.6 Å². The summed E-state index contributed by atoms with van der Waals surface area (Å²) in [5.74, 6) is 0.825. The van der Waals surface area contributed by atoms with Crippen LogP contribution in [0.5, 0.6) is 0 Å². The highest BCUT2D eigenvalue weighted by atomic mass is 16.1. The van der Waals surface area contributed by atoms with E-state index in [2.05, 4.69) is 25.3 Å². The van der Waals surface area contributed by atoms with Gasteiger partial charge in [-0.05, 0) is 42.7 Å². The molecule has 0 unspecified atom stereocenters. The van der Waals surface area contributed by atoms with Crippen molar-refractivity contribution in [2.75, 3.05) is 23.3 Å². The Morgan fingerprint density at radius 3 is 2.54 bits per heavy atom.